The third-order valence-electron chi connectivity index (χ3n) is 7.07. The average Bonchev–Trinajstić information content (AvgIpc) is 3.10. The van der Waals surface area contributed by atoms with Crippen molar-refractivity contribution in [3.8, 4) is 5.75 Å². The highest BCUT2D eigenvalue weighted by Crippen LogP contribution is 2.51. The van der Waals surface area contributed by atoms with Gasteiger partial charge >= 0.3 is 18.3 Å². The Hall–Kier alpha value is -4.06. The Morgan fingerprint density at radius 2 is 1.54 bits per heavy atom. The molecule has 0 spiro atoms. The fourth-order valence-corrected chi connectivity index (χ4v) is 4.76. The number of fused-ring (bicyclic) bond motifs is 1. The van der Waals surface area contributed by atoms with Crippen LogP contribution in [0.5, 0.6) is 5.75 Å². The molecule has 0 aromatic heterocycles. The van der Waals surface area contributed by atoms with Crippen molar-refractivity contribution in [1.29, 1.82) is 0 Å². The molecule has 0 bridgehead atoms. The second kappa shape index (κ2) is 11.1. The van der Waals surface area contributed by atoms with E-state index in [0.717, 1.165) is 6.07 Å². The summed E-state index contributed by atoms with van der Waals surface area (Å²) in [5.41, 5.74) is -5.78. The molecule has 1 aliphatic heterocycles. The summed E-state index contributed by atoms with van der Waals surface area (Å²) in [6.45, 7) is 1.54. The summed E-state index contributed by atoms with van der Waals surface area (Å²) in [7, 11) is 0. The number of aromatic carboxylic acids is 1. The van der Waals surface area contributed by atoms with Crippen molar-refractivity contribution in [2.45, 2.75) is 49.7 Å². The van der Waals surface area contributed by atoms with Crippen LogP contribution < -0.4 is 9.64 Å². The van der Waals surface area contributed by atoms with E-state index in [9.17, 15) is 41.0 Å². The van der Waals surface area contributed by atoms with Gasteiger partial charge in [0, 0.05) is 11.3 Å². The number of anilines is 1. The third-order valence-corrected chi connectivity index (χ3v) is 7.07. The van der Waals surface area contributed by atoms with Gasteiger partial charge in [0.1, 0.15) is 11.9 Å². The van der Waals surface area contributed by atoms with Crippen molar-refractivity contribution in [1.82, 2.24) is 0 Å². The summed E-state index contributed by atoms with van der Waals surface area (Å²) < 4.78 is 87.5. The number of amides is 1. The molecular formula is C29H25F6NO5. The Morgan fingerprint density at radius 1 is 0.927 bits per heavy atom. The first kappa shape index (κ1) is 29.9. The van der Waals surface area contributed by atoms with Gasteiger partial charge in [-0.3, -0.25) is 4.79 Å². The first-order valence-corrected chi connectivity index (χ1v) is 12.5. The molecule has 0 saturated carbocycles. The largest absolute Gasteiger partial charge is 0.489 e. The number of carboxylic acids is 1. The highest BCUT2D eigenvalue weighted by molar-refractivity contribution is 5.98. The highest BCUT2D eigenvalue weighted by Gasteiger charge is 2.71. The van der Waals surface area contributed by atoms with Gasteiger partial charge in [0.05, 0.1) is 18.0 Å². The summed E-state index contributed by atoms with van der Waals surface area (Å²) in [4.78, 5) is 26.1. The Balaban J connectivity index is 1.75. The third kappa shape index (κ3) is 5.88. The van der Waals surface area contributed by atoms with Crippen molar-refractivity contribution >= 4 is 17.6 Å². The number of hydrogen-bond acceptors (Lipinski definition) is 4. The Labute approximate surface area is 230 Å². The summed E-state index contributed by atoms with van der Waals surface area (Å²) >= 11 is 0. The van der Waals surface area contributed by atoms with Gasteiger partial charge in [0.15, 0.2) is 0 Å². The standard InChI is InChI=1S/C29H25F6NO5/c1-17(18-5-3-2-4-6-18)25(37)36-16-23(41-22-11-7-19(8-12-22)26(38)39)13-9-20-15-21(10-14-24(20)36)27(40,28(30,31)32)29(33,34)35/h2-8,10-12,14-15,17,23,40H,9,13,16H2,1H3,(H,38,39). The number of carboxylic acid groups (broad SMARTS) is 1. The predicted octanol–water partition coefficient (Wildman–Crippen LogP) is 6.23. The number of benzene rings is 3. The maximum absolute atomic E-state index is 13.7. The number of aliphatic hydroxyl groups is 1. The SMILES string of the molecule is CC(C(=O)N1CC(Oc2ccc(C(=O)O)cc2)CCc2cc(C(O)(C(F)(F)F)C(F)(F)F)ccc21)c1ccccc1. The molecule has 0 fully saturated rings. The topological polar surface area (TPSA) is 87.1 Å². The van der Waals surface area contributed by atoms with E-state index in [2.05, 4.69) is 0 Å². The zero-order valence-corrected chi connectivity index (χ0v) is 21.5. The maximum atomic E-state index is 13.7. The van der Waals surface area contributed by atoms with Crippen LogP contribution in [0.2, 0.25) is 0 Å². The van der Waals surface area contributed by atoms with Gasteiger partial charge < -0.3 is 19.8 Å². The van der Waals surface area contributed by atoms with E-state index in [1.165, 1.54) is 29.2 Å². The van der Waals surface area contributed by atoms with Crippen molar-refractivity contribution < 1.29 is 50.9 Å². The van der Waals surface area contributed by atoms with E-state index < -0.39 is 47.4 Å². The number of rotatable bonds is 6. The second-order valence-electron chi connectivity index (χ2n) is 9.74. The van der Waals surface area contributed by atoms with Crippen LogP contribution in [0.4, 0.5) is 32.0 Å². The number of carbonyl (C=O) groups excluding carboxylic acids is 1. The summed E-state index contributed by atoms with van der Waals surface area (Å²) in [5.74, 6) is -2.08. The van der Waals surface area contributed by atoms with Crippen LogP contribution in [0.1, 0.15) is 46.3 Å². The lowest BCUT2D eigenvalue weighted by atomic mass is 9.89. The first-order chi connectivity index (χ1) is 19.1. The predicted molar refractivity (Wildman–Crippen MR) is 136 cm³/mol. The molecule has 218 valence electrons. The van der Waals surface area contributed by atoms with E-state index in [0.29, 0.717) is 17.7 Å². The Kier molecular flexibility index (Phi) is 8.08. The van der Waals surface area contributed by atoms with Gasteiger partial charge in [0.25, 0.3) is 5.60 Å². The normalized spacial score (nSPS) is 16.9. The maximum Gasteiger partial charge on any atom is 0.430 e. The molecule has 1 aliphatic rings. The summed E-state index contributed by atoms with van der Waals surface area (Å²) in [6.07, 6.45) is -12.9. The number of alkyl halides is 6. The molecule has 4 rings (SSSR count). The number of carbonyl (C=O) groups is 2. The van der Waals surface area contributed by atoms with Gasteiger partial charge in [-0.1, -0.05) is 42.5 Å². The molecule has 6 nitrogen and oxygen atoms in total. The van der Waals surface area contributed by atoms with Crippen LogP contribution in [0.15, 0.2) is 72.8 Å². The molecule has 1 heterocycles. The van der Waals surface area contributed by atoms with Gasteiger partial charge in [-0.15, -0.1) is 0 Å². The van der Waals surface area contributed by atoms with E-state index in [1.54, 1.807) is 37.3 Å². The smallest absolute Gasteiger partial charge is 0.430 e. The number of hydrogen-bond donors (Lipinski definition) is 2. The van der Waals surface area contributed by atoms with Crippen molar-refractivity contribution in [3.63, 3.8) is 0 Å². The minimum absolute atomic E-state index is 0.00429. The molecule has 0 aliphatic carbocycles. The van der Waals surface area contributed by atoms with Crippen LogP contribution in [0, 0.1) is 0 Å². The van der Waals surface area contributed by atoms with Gasteiger partial charge in [0.2, 0.25) is 5.91 Å². The second-order valence-corrected chi connectivity index (χ2v) is 9.74. The fraction of sp³-hybridized carbons (Fsp3) is 0.310. The quantitative estimate of drug-likeness (QED) is 0.337. The molecule has 3 aromatic carbocycles. The average molecular weight is 582 g/mol. The van der Waals surface area contributed by atoms with E-state index in [1.807, 2.05) is 0 Å². The number of halogens is 6. The molecule has 2 unspecified atom stereocenters. The van der Waals surface area contributed by atoms with Crippen molar-refractivity contribution in [3.05, 3.63) is 95.1 Å². The van der Waals surface area contributed by atoms with Crippen molar-refractivity contribution in [2.75, 3.05) is 11.4 Å². The molecule has 0 radical (unpaired) electrons. The monoisotopic (exact) mass is 581 g/mol. The van der Waals surface area contributed by atoms with Crippen LogP contribution in [-0.2, 0) is 16.8 Å². The minimum atomic E-state index is -6.06. The van der Waals surface area contributed by atoms with E-state index >= 15 is 0 Å². The Morgan fingerprint density at radius 3 is 2.10 bits per heavy atom. The van der Waals surface area contributed by atoms with E-state index in [4.69, 9.17) is 9.84 Å². The lowest BCUT2D eigenvalue weighted by Gasteiger charge is -2.34. The fourth-order valence-electron chi connectivity index (χ4n) is 4.76. The number of aryl methyl sites for hydroxylation is 1. The van der Waals surface area contributed by atoms with Crippen LogP contribution in [0.3, 0.4) is 0 Å². The molecule has 3 aromatic rings. The Bertz CT molecular complexity index is 1390. The van der Waals surface area contributed by atoms with E-state index in [-0.39, 0.29) is 42.0 Å². The lowest BCUT2D eigenvalue weighted by molar-refractivity contribution is -0.376. The number of ether oxygens (including phenoxy) is 1. The molecule has 12 heteroatoms. The van der Waals surface area contributed by atoms with Gasteiger partial charge in [-0.25, -0.2) is 4.79 Å². The molecule has 2 atom stereocenters. The summed E-state index contributed by atoms with van der Waals surface area (Å²) in [6, 6.07) is 16.2. The zero-order chi connectivity index (χ0) is 30.2. The minimum Gasteiger partial charge on any atom is -0.489 e. The number of nitrogens with zero attached hydrogens (tertiary/aromatic N) is 1. The molecule has 41 heavy (non-hydrogen) atoms. The summed E-state index contributed by atoms with van der Waals surface area (Å²) in [5, 5.41) is 19.1. The van der Waals surface area contributed by atoms with Gasteiger partial charge in [-0.2, -0.15) is 26.3 Å². The zero-order valence-electron chi connectivity index (χ0n) is 21.5. The van der Waals surface area contributed by atoms with Crippen molar-refractivity contribution in [2.24, 2.45) is 0 Å². The highest BCUT2D eigenvalue weighted by atomic mass is 19.4. The lowest BCUT2D eigenvalue weighted by Crippen LogP contribution is -2.54. The molecule has 2 N–H and O–H groups in total. The molecule has 0 saturated heterocycles. The molecular weight excluding hydrogens is 556 g/mol. The van der Waals surface area contributed by atoms with Crippen LogP contribution in [0.25, 0.3) is 0 Å². The molecule has 1 amide bonds. The van der Waals surface area contributed by atoms with Crippen LogP contribution >= 0.6 is 0 Å². The van der Waals surface area contributed by atoms with Crippen LogP contribution in [-0.4, -0.2) is 47.1 Å². The first-order valence-electron chi connectivity index (χ1n) is 12.5. The van der Waals surface area contributed by atoms with Gasteiger partial charge in [-0.05, 0) is 61.2 Å².